The van der Waals surface area contributed by atoms with Crippen LogP contribution in [-0.2, 0) is 14.4 Å². The molecule has 1 unspecified atom stereocenters. The average molecular weight is 290 g/mol. The van der Waals surface area contributed by atoms with Crippen molar-refractivity contribution in [1.82, 2.24) is 5.32 Å². The second-order valence-corrected chi connectivity index (χ2v) is 5.80. The van der Waals surface area contributed by atoms with E-state index in [0.29, 0.717) is 5.69 Å². The van der Waals surface area contributed by atoms with E-state index in [-0.39, 0.29) is 24.8 Å². The van der Waals surface area contributed by atoms with Gasteiger partial charge in [-0.1, -0.05) is 18.2 Å². The van der Waals surface area contributed by atoms with Crippen molar-refractivity contribution in [2.45, 2.75) is 26.2 Å². The van der Waals surface area contributed by atoms with Crippen LogP contribution in [0.2, 0.25) is 0 Å². The van der Waals surface area contributed by atoms with Gasteiger partial charge in [-0.3, -0.25) is 14.4 Å². The lowest BCUT2D eigenvalue weighted by atomic mass is 9.88. The number of hydrogen-bond donors (Lipinski definition) is 3. The molecule has 1 aromatic carbocycles. The Morgan fingerprint density at radius 3 is 2.71 bits per heavy atom. The van der Waals surface area contributed by atoms with Crippen molar-refractivity contribution in [2.24, 2.45) is 5.41 Å². The van der Waals surface area contributed by atoms with Gasteiger partial charge < -0.3 is 15.7 Å². The molecule has 0 radical (unpaired) electrons. The van der Waals surface area contributed by atoms with E-state index in [1.54, 1.807) is 24.3 Å². The monoisotopic (exact) mass is 290 g/mol. The number of nitrogens with one attached hydrogen (secondary N) is 2. The Morgan fingerprint density at radius 1 is 1.38 bits per heavy atom. The van der Waals surface area contributed by atoms with Crippen molar-refractivity contribution in [3.05, 3.63) is 29.8 Å². The lowest BCUT2D eigenvalue weighted by Crippen LogP contribution is -2.42. The second kappa shape index (κ2) is 5.55. The molecular weight excluding hydrogens is 272 g/mol. The van der Waals surface area contributed by atoms with E-state index in [0.717, 1.165) is 5.56 Å². The average Bonchev–Trinajstić information content (AvgIpc) is 2.43. The molecule has 0 spiro atoms. The van der Waals surface area contributed by atoms with Gasteiger partial charge in [0, 0.05) is 18.7 Å². The van der Waals surface area contributed by atoms with Crippen LogP contribution >= 0.6 is 0 Å². The molecular formula is C15H18N2O4. The van der Waals surface area contributed by atoms with Crippen LogP contribution in [0.1, 0.15) is 31.7 Å². The fourth-order valence-electron chi connectivity index (χ4n) is 2.15. The van der Waals surface area contributed by atoms with E-state index in [2.05, 4.69) is 10.6 Å². The van der Waals surface area contributed by atoms with Crippen molar-refractivity contribution < 1.29 is 19.5 Å². The maximum Gasteiger partial charge on any atom is 0.310 e. The fourth-order valence-corrected chi connectivity index (χ4v) is 2.15. The van der Waals surface area contributed by atoms with Gasteiger partial charge in [0.2, 0.25) is 11.8 Å². The minimum atomic E-state index is -1.05. The van der Waals surface area contributed by atoms with Gasteiger partial charge in [0.1, 0.15) is 0 Å². The van der Waals surface area contributed by atoms with E-state index in [1.807, 2.05) is 0 Å². The minimum Gasteiger partial charge on any atom is -0.481 e. The zero-order valence-electron chi connectivity index (χ0n) is 12.0. The van der Waals surface area contributed by atoms with E-state index >= 15 is 0 Å². The normalized spacial score (nSPS) is 17.6. The van der Waals surface area contributed by atoms with Crippen LogP contribution < -0.4 is 10.6 Å². The molecule has 21 heavy (non-hydrogen) atoms. The van der Waals surface area contributed by atoms with Crippen molar-refractivity contribution in [2.75, 3.05) is 11.9 Å². The third kappa shape index (κ3) is 3.21. The summed E-state index contributed by atoms with van der Waals surface area (Å²) in [6.45, 7) is 3.09. The number of carbonyl (C=O) groups excluding carboxylic acids is 2. The Bertz CT molecular complexity index is 595. The molecule has 0 bridgehead atoms. The minimum absolute atomic E-state index is 0.0153. The molecule has 0 fully saturated rings. The van der Waals surface area contributed by atoms with Gasteiger partial charge >= 0.3 is 5.97 Å². The number of carboxylic acids is 1. The first kappa shape index (κ1) is 15.0. The first-order valence-electron chi connectivity index (χ1n) is 6.71. The summed E-state index contributed by atoms with van der Waals surface area (Å²) >= 11 is 0. The maximum absolute atomic E-state index is 12.3. The summed E-state index contributed by atoms with van der Waals surface area (Å²) in [6, 6.07) is 7.12. The van der Waals surface area contributed by atoms with Crippen LogP contribution in [0.5, 0.6) is 0 Å². The molecule has 1 aliphatic rings. The van der Waals surface area contributed by atoms with Crippen LogP contribution in [0.4, 0.5) is 5.69 Å². The topological polar surface area (TPSA) is 95.5 Å². The maximum atomic E-state index is 12.3. The number of carbonyl (C=O) groups is 3. The zero-order valence-corrected chi connectivity index (χ0v) is 12.0. The molecule has 6 nitrogen and oxygen atoms in total. The number of anilines is 1. The molecule has 2 amide bonds. The van der Waals surface area contributed by atoms with Crippen LogP contribution in [0, 0.1) is 5.41 Å². The van der Waals surface area contributed by atoms with Gasteiger partial charge in [0.05, 0.1) is 11.3 Å². The lowest BCUT2D eigenvalue weighted by molar-refractivity contribution is -0.147. The van der Waals surface area contributed by atoms with Gasteiger partial charge in [-0.2, -0.15) is 0 Å². The standard InChI is InChI=1S/C15H18N2O4/c1-15(2,14(20)21)8-16-13(19)10-7-12(18)17-11-6-4-3-5-9(10)11/h3-6,10H,7-8H2,1-2H3,(H,16,19)(H,17,18)(H,20,21). The summed E-state index contributed by atoms with van der Waals surface area (Å²) in [4.78, 5) is 35.0. The highest BCUT2D eigenvalue weighted by Gasteiger charge is 2.33. The molecule has 0 aliphatic carbocycles. The first-order chi connectivity index (χ1) is 9.81. The van der Waals surface area contributed by atoms with Gasteiger partial charge in [0.25, 0.3) is 0 Å². The van der Waals surface area contributed by atoms with Crippen LogP contribution in [0.15, 0.2) is 24.3 Å². The number of carboxylic acid groups (broad SMARTS) is 1. The summed E-state index contributed by atoms with van der Waals surface area (Å²) in [5.74, 6) is -2.11. The molecule has 0 saturated carbocycles. The number of amides is 2. The molecule has 0 saturated heterocycles. The summed E-state index contributed by atoms with van der Waals surface area (Å²) in [7, 11) is 0. The molecule has 0 aromatic heterocycles. The van der Waals surface area contributed by atoms with Crippen molar-refractivity contribution in [3.63, 3.8) is 0 Å². The SMILES string of the molecule is CC(C)(CNC(=O)C1CC(=O)Nc2ccccc21)C(=O)O. The third-order valence-electron chi connectivity index (χ3n) is 3.60. The van der Waals surface area contributed by atoms with E-state index in [4.69, 9.17) is 5.11 Å². The Morgan fingerprint density at radius 2 is 2.05 bits per heavy atom. The molecule has 1 heterocycles. The lowest BCUT2D eigenvalue weighted by Gasteiger charge is -2.26. The van der Waals surface area contributed by atoms with Crippen molar-refractivity contribution in [3.8, 4) is 0 Å². The summed E-state index contributed by atoms with van der Waals surface area (Å²) in [5.41, 5.74) is 0.334. The molecule has 1 atom stereocenters. The number of para-hydroxylation sites is 1. The highest BCUT2D eigenvalue weighted by Crippen LogP contribution is 2.32. The Labute approximate surface area is 122 Å². The van der Waals surface area contributed by atoms with E-state index in [1.165, 1.54) is 13.8 Å². The summed E-state index contributed by atoms with van der Waals surface area (Å²) in [6.07, 6.45) is 0.0658. The molecule has 1 aliphatic heterocycles. The van der Waals surface area contributed by atoms with Gasteiger partial charge in [-0.15, -0.1) is 0 Å². The van der Waals surface area contributed by atoms with Crippen LogP contribution in [0.25, 0.3) is 0 Å². The Balaban J connectivity index is 2.13. The largest absolute Gasteiger partial charge is 0.481 e. The van der Waals surface area contributed by atoms with Gasteiger partial charge in [-0.25, -0.2) is 0 Å². The number of rotatable bonds is 4. The molecule has 112 valence electrons. The number of fused-ring (bicyclic) bond motifs is 1. The van der Waals surface area contributed by atoms with Crippen LogP contribution in [0.3, 0.4) is 0 Å². The second-order valence-electron chi connectivity index (χ2n) is 5.80. The molecule has 6 heteroatoms. The number of benzene rings is 1. The fraction of sp³-hybridized carbons (Fsp3) is 0.400. The number of hydrogen-bond acceptors (Lipinski definition) is 3. The summed E-state index contributed by atoms with van der Waals surface area (Å²) < 4.78 is 0. The Kier molecular flexibility index (Phi) is 3.97. The van der Waals surface area contributed by atoms with Crippen molar-refractivity contribution >= 4 is 23.5 Å². The highest BCUT2D eigenvalue weighted by atomic mass is 16.4. The van der Waals surface area contributed by atoms with Gasteiger partial charge in [-0.05, 0) is 25.5 Å². The third-order valence-corrected chi connectivity index (χ3v) is 3.60. The van der Waals surface area contributed by atoms with E-state index < -0.39 is 17.3 Å². The summed E-state index contributed by atoms with van der Waals surface area (Å²) in [5, 5.41) is 14.4. The van der Waals surface area contributed by atoms with Crippen LogP contribution in [-0.4, -0.2) is 29.4 Å². The van der Waals surface area contributed by atoms with E-state index in [9.17, 15) is 14.4 Å². The first-order valence-corrected chi connectivity index (χ1v) is 6.71. The van der Waals surface area contributed by atoms with Gasteiger partial charge in [0.15, 0.2) is 0 Å². The predicted molar refractivity (Wildman–Crippen MR) is 76.9 cm³/mol. The molecule has 3 N–H and O–H groups in total. The number of aliphatic carboxylic acids is 1. The molecule has 2 rings (SSSR count). The molecule has 1 aromatic rings. The Hall–Kier alpha value is -2.37. The quantitative estimate of drug-likeness (QED) is 0.779. The van der Waals surface area contributed by atoms with Crippen molar-refractivity contribution in [1.29, 1.82) is 0 Å². The highest BCUT2D eigenvalue weighted by molar-refractivity contribution is 6.01. The zero-order chi connectivity index (χ0) is 15.6. The predicted octanol–water partition coefficient (Wildman–Crippen LogP) is 1.34. The smallest absolute Gasteiger partial charge is 0.310 e.